The van der Waals surface area contributed by atoms with Gasteiger partial charge in [0.05, 0.1) is 4.90 Å². The van der Waals surface area contributed by atoms with Crippen LogP contribution in [0.2, 0.25) is 0 Å². The number of rotatable bonds is 8. The second-order valence-corrected chi connectivity index (χ2v) is 7.49. The van der Waals surface area contributed by atoms with E-state index in [0.29, 0.717) is 25.2 Å². The van der Waals surface area contributed by atoms with E-state index in [1.807, 2.05) is 44.2 Å². The van der Waals surface area contributed by atoms with Crippen molar-refractivity contribution >= 4 is 15.9 Å². The fraction of sp³-hybridized carbons (Fsp3) is 0.316. The van der Waals surface area contributed by atoms with Gasteiger partial charge in [-0.2, -0.15) is 0 Å². The standard InChI is InChI=1S/C19H24N2O3S/c1-3-14-20-25(23,24)18-12-10-17(11-13-18)19(22)21(4-2)15-16-8-6-5-7-9-16/h5-13,20H,3-4,14-15H2,1-2H3. The molecule has 0 heterocycles. The number of nitrogens with one attached hydrogen (secondary N) is 1. The van der Waals surface area contributed by atoms with Gasteiger partial charge in [0.15, 0.2) is 0 Å². The summed E-state index contributed by atoms with van der Waals surface area (Å²) in [4.78, 5) is 14.6. The second-order valence-electron chi connectivity index (χ2n) is 5.73. The highest BCUT2D eigenvalue weighted by molar-refractivity contribution is 7.89. The first-order chi connectivity index (χ1) is 12.0. The summed E-state index contributed by atoms with van der Waals surface area (Å²) >= 11 is 0. The molecule has 0 atom stereocenters. The number of carbonyl (C=O) groups excluding carboxylic acids is 1. The molecule has 0 aliphatic carbocycles. The van der Waals surface area contributed by atoms with Crippen LogP contribution in [-0.4, -0.2) is 32.3 Å². The summed E-state index contributed by atoms with van der Waals surface area (Å²) in [6.07, 6.45) is 0.723. The minimum Gasteiger partial charge on any atom is -0.335 e. The van der Waals surface area contributed by atoms with Crippen LogP contribution in [0.3, 0.4) is 0 Å². The van der Waals surface area contributed by atoms with Crippen molar-refractivity contribution in [2.75, 3.05) is 13.1 Å². The molecule has 2 aromatic rings. The Morgan fingerprint density at radius 2 is 1.64 bits per heavy atom. The van der Waals surface area contributed by atoms with E-state index >= 15 is 0 Å². The monoisotopic (exact) mass is 360 g/mol. The van der Waals surface area contributed by atoms with Gasteiger partial charge in [-0.3, -0.25) is 4.79 Å². The molecule has 0 aliphatic heterocycles. The quantitative estimate of drug-likeness (QED) is 0.787. The molecule has 2 aromatic carbocycles. The van der Waals surface area contributed by atoms with E-state index in [-0.39, 0.29) is 10.8 Å². The number of hydrogen-bond donors (Lipinski definition) is 1. The summed E-state index contributed by atoms with van der Waals surface area (Å²) in [6, 6.07) is 15.9. The molecule has 0 unspecified atom stereocenters. The van der Waals surface area contributed by atoms with Crippen molar-refractivity contribution in [3.05, 3.63) is 65.7 Å². The van der Waals surface area contributed by atoms with Crippen LogP contribution in [0.4, 0.5) is 0 Å². The van der Waals surface area contributed by atoms with Gasteiger partial charge in [-0.15, -0.1) is 0 Å². The zero-order valence-corrected chi connectivity index (χ0v) is 15.4. The largest absolute Gasteiger partial charge is 0.335 e. The summed E-state index contributed by atoms with van der Waals surface area (Å²) in [7, 11) is -3.51. The zero-order chi connectivity index (χ0) is 18.3. The molecule has 1 amide bonds. The van der Waals surface area contributed by atoms with E-state index in [1.54, 1.807) is 17.0 Å². The normalized spacial score (nSPS) is 11.3. The van der Waals surface area contributed by atoms with Crippen LogP contribution >= 0.6 is 0 Å². The lowest BCUT2D eigenvalue weighted by atomic mass is 10.1. The van der Waals surface area contributed by atoms with E-state index in [2.05, 4.69) is 4.72 Å². The van der Waals surface area contributed by atoms with E-state index in [0.717, 1.165) is 12.0 Å². The molecular weight excluding hydrogens is 336 g/mol. The smallest absolute Gasteiger partial charge is 0.254 e. The van der Waals surface area contributed by atoms with Crippen molar-refractivity contribution in [1.29, 1.82) is 0 Å². The van der Waals surface area contributed by atoms with Crippen molar-refractivity contribution < 1.29 is 13.2 Å². The summed E-state index contributed by atoms with van der Waals surface area (Å²) in [5.41, 5.74) is 1.54. The number of amides is 1. The second kappa shape index (κ2) is 8.78. The van der Waals surface area contributed by atoms with E-state index in [9.17, 15) is 13.2 Å². The van der Waals surface area contributed by atoms with Gasteiger partial charge in [-0.05, 0) is 43.2 Å². The summed E-state index contributed by atoms with van der Waals surface area (Å²) in [5.74, 6) is -0.114. The first-order valence-corrected chi connectivity index (χ1v) is 9.89. The van der Waals surface area contributed by atoms with Crippen LogP contribution < -0.4 is 4.72 Å². The molecule has 0 radical (unpaired) electrons. The number of benzene rings is 2. The number of hydrogen-bond acceptors (Lipinski definition) is 3. The summed E-state index contributed by atoms with van der Waals surface area (Å²) in [6.45, 7) is 5.31. The van der Waals surface area contributed by atoms with E-state index in [1.165, 1.54) is 12.1 Å². The van der Waals surface area contributed by atoms with Crippen LogP contribution in [0.5, 0.6) is 0 Å². The molecule has 0 aromatic heterocycles. The lowest BCUT2D eigenvalue weighted by molar-refractivity contribution is 0.0752. The maximum atomic E-state index is 12.7. The Balaban J connectivity index is 2.13. The fourth-order valence-corrected chi connectivity index (χ4v) is 3.54. The third-order valence-corrected chi connectivity index (χ3v) is 5.32. The number of nitrogens with zero attached hydrogens (tertiary/aromatic N) is 1. The third-order valence-electron chi connectivity index (χ3n) is 3.84. The Hall–Kier alpha value is -2.18. The molecule has 0 saturated heterocycles. The van der Waals surface area contributed by atoms with Crippen molar-refractivity contribution in [2.45, 2.75) is 31.7 Å². The molecule has 2 rings (SSSR count). The maximum Gasteiger partial charge on any atom is 0.254 e. The zero-order valence-electron chi connectivity index (χ0n) is 14.6. The lowest BCUT2D eigenvalue weighted by Crippen LogP contribution is -2.30. The molecule has 0 fully saturated rings. The minimum atomic E-state index is -3.51. The fourth-order valence-electron chi connectivity index (χ4n) is 2.41. The van der Waals surface area contributed by atoms with Crippen LogP contribution in [0.25, 0.3) is 0 Å². The van der Waals surface area contributed by atoms with Crippen molar-refractivity contribution in [3.8, 4) is 0 Å². The predicted molar refractivity (Wildman–Crippen MR) is 98.8 cm³/mol. The van der Waals surface area contributed by atoms with Gasteiger partial charge in [0.25, 0.3) is 5.91 Å². The topological polar surface area (TPSA) is 66.5 Å². The minimum absolute atomic E-state index is 0.114. The van der Waals surface area contributed by atoms with Gasteiger partial charge >= 0.3 is 0 Å². The molecule has 0 aliphatic rings. The van der Waals surface area contributed by atoms with Gasteiger partial charge in [-0.25, -0.2) is 13.1 Å². The third kappa shape index (κ3) is 5.14. The van der Waals surface area contributed by atoms with Crippen molar-refractivity contribution in [3.63, 3.8) is 0 Å². The Morgan fingerprint density at radius 1 is 1.00 bits per heavy atom. The van der Waals surface area contributed by atoms with Crippen molar-refractivity contribution in [1.82, 2.24) is 9.62 Å². The number of sulfonamides is 1. The predicted octanol–water partition coefficient (Wildman–Crippen LogP) is 3.04. The highest BCUT2D eigenvalue weighted by Gasteiger charge is 2.17. The Kier molecular flexibility index (Phi) is 6.73. The molecule has 25 heavy (non-hydrogen) atoms. The molecule has 0 spiro atoms. The molecule has 0 saturated carbocycles. The Morgan fingerprint density at radius 3 is 2.20 bits per heavy atom. The van der Waals surface area contributed by atoms with Crippen LogP contribution in [0, 0.1) is 0 Å². The highest BCUT2D eigenvalue weighted by atomic mass is 32.2. The van der Waals surface area contributed by atoms with Gasteiger partial charge < -0.3 is 4.90 Å². The highest BCUT2D eigenvalue weighted by Crippen LogP contribution is 2.14. The molecule has 134 valence electrons. The molecule has 5 nitrogen and oxygen atoms in total. The molecular formula is C19H24N2O3S. The number of carbonyl (C=O) groups is 1. The average Bonchev–Trinajstić information content (AvgIpc) is 2.65. The summed E-state index contributed by atoms with van der Waals surface area (Å²) < 4.78 is 26.7. The van der Waals surface area contributed by atoms with Crippen LogP contribution in [0.1, 0.15) is 36.2 Å². The average molecular weight is 360 g/mol. The first-order valence-electron chi connectivity index (χ1n) is 8.41. The van der Waals surface area contributed by atoms with Gasteiger partial charge in [-0.1, -0.05) is 37.3 Å². The summed E-state index contributed by atoms with van der Waals surface area (Å²) in [5, 5.41) is 0. The Labute approximate surface area is 149 Å². The maximum absolute atomic E-state index is 12.7. The van der Waals surface area contributed by atoms with Crippen LogP contribution in [0.15, 0.2) is 59.5 Å². The van der Waals surface area contributed by atoms with Crippen LogP contribution in [-0.2, 0) is 16.6 Å². The molecule has 0 bridgehead atoms. The Bertz CT molecular complexity index is 787. The van der Waals surface area contributed by atoms with Gasteiger partial charge in [0, 0.05) is 25.2 Å². The molecule has 1 N–H and O–H groups in total. The van der Waals surface area contributed by atoms with Crippen molar-refractivity contribution in [2.24, 2.45) is 0 Å². The SMILES string of the molecule is CCCNS(=O)(=O)c1ccc(C(=O)N(CC)Cc2ccccc2)cc1. The first kappa shape index (κ1) is 19.1. The van der Waals surface area contributed by atoms with E-state index < -0.39 is 10.0 Å². The molecule has 6 heteroatoms. The van der Waals surface area contributed by atoms with E-state index in [4.69, 9.17) is 0 Å². The lowest BCUT2D eigenvalue weighted by Gasteiger charge is -2.21. The van der Waals surface area contributed by atoms with Gasteiger partial charge in [0.2, 0.25) is 10.0 Å². The van der Waals surface area contributed by atoms with Gasteiger partial charge in [0.1, 0.15) is 0 Å².